The zero-order valence-electron chi connectivity index (χ0n) is 16.6. The maximum atomic E-state index is 12.7. The molecule has 6 heteroatoms. The number of rotatable bonds is 7. The van der Waals surface area contributed by atoms with Gasteiger partial charge in [0.05, 0.1) is 12.0 Å². The predicted molar refractivity (Wildman–Crippen MR) is 108 cm³/mol. The molecule has 1 aromatic carbocycles. The van der Waals surface area contributed by atoms with Gasteiger partial charge in [-0.25, -0.2) is 4.98 Å². The highest BCUT2D eigenvalue weighted by molar-refractivity contribution is 6.00. The molecular weight excluding hydrogens is 354 g/mol. The molecule has 3 rings (SSSR count). The van der Waals surface area contributed by atoms with Crippen LogP contribution in [0.3, 0.4) is 0 Å². The summed E-state index contributed by atoms with van der Waals surface area (Å²) in [7, 11) is 0. The zero-order chi connectivity index (χ0) is 20.1. The number of carbonyl (C=O) groups excluding carboxylic acids is 2. The summed E-state index contributed by atoms with van der Waals surface area (Å²) < 4.78 is 5.70. The van der Waals surface area contributed by atoms with Gasteiger partial charge in [0.2, 0.25) is 17.7 Å². The fourth-order valence-corrected chi connectivity index (χ4v) is 3.40. The van der Waals surface area contributed by atoms with Crippen LogP contribution in [0.15, 0.2) is 42.6 Å². The van der Waals surface area contributed by atoms with Gasteiger partial charge in [0.25, 0.3) is 0 Å². The summed E-state index contributed by atoms with van der Waals surface area (Å²) in [6.45, 7) is 6.66. The summed E-state index contributed by atoms with van der Waals surface area (Å²) in [4.78, 5) is 31.2. The Balaban J connectivity index is 1.64. The molecule has 0 bridgehead atoms. The molecule has 0 aliphatic carbocycles. The van der Waals surface area contributed by atoms with Gasteiger partial charge in [-0.2, -0.15) is 0 Å². The van der Waals surface area contributed by atoms with Crippen LogP contribution in [0.4, 0.5) is 5.69 Å². The fourth-order valence-electron chi connectivity index (χ4n) is 3.40. The first kappa shape index (κ1) is 19.9. The highest BCUT2D eigenvalue weighted by Gasteiger charge is 2.35. The van der Waals surface area contributed by atoms with Crippen LogP contribution in [0.1, 0.15) is 38.3 Å². The highest BCUT2D eigenvalue weighted by Crippen LogP contribution is 2.28. The van der Waals surface area contributed by atoms with Gasteiger partial charge < -0.3 is 15.0 Å². The number of aryl methyl sites for hydroxylation is 1. The first-order valence-corrected chi connectivity index (χ1v) is 9.76. The Morgan fingerprint density at radius 2 is 2.00 bits per heavy atom. The Labute approximate surface area is 165 Å². The lowest BCUT2D eigenvalue weighted by molar-refractivity contribution is -0.126. The number of carbonyl (C=O) groups is 2. The molecule has 1 saturated heterocycles. The topological polar surface area (TPSA) is 71.5 Å². The van der Waals surface area contributed by atoms with E-state index in [1.807, 2.05) is 50.2 Å². The molecule has 0 saturated carbocycles. The van der Waals surface area contributed by atoms with Crippen molar-refractivity contribution >= 4 is 17.5 Å². The normalized spacial score (nSPS) is 16.5. The summed E-state index contributed by atoms with van der Waals surface area (Å²) in [6, 6.07) is 11.6. The second-order valence-electron chi connectivity index (χ2n) is 7.24. The molecular formula is C22H27N3O3. The van der Waals surface area contributed by atoms with Crippen LogP contribution in [0.2, 0.25) is 0 Å². The number of aromatic nitrogens is 1. The lowest BCUT2D eigenvalue weighted by Crippen LogP contribution is -2.33. The van der Waals surface area contributed by atoms with E-state index < -0.39 is 0 Å². The third kappa shape index (κ3) is 4.50. The summed E-state index contributed by atoms with van der Waals surface area (Å²) in [5.41, 5.74) is 2.84. The number of ether oxygens (including phenoxy) is 1. The number of nitrogens with one attached hydrogen (secondary N) is 1. The number of hydrogen-bond donors (Lipinski definition) is 1. The molecule has 1 atom stereocenters. The SMILES string of the molecule is CCc1ccccc1N1CC(C(=O)NCc2cccnc2OC(C)C)CC1=O. The van der Waals surface area contributed by atoms with Crippen molar-refractivity contribution in [3.63, 3.8) is 0 Å². The van der Waals surface area contributed by atoms with Crippen molar-refractivity contribution in [1.29, 1.82) is 0 Å². The lowest BCUT2D eigenvalue weighted by Gasteiger charge is -2.20. The molecule has 1 fully saturated rings. The van der Waals surface area contributed by atoms with Gasteiger partial charge in [-0.3, -0.25) is 9.59 Å². The maximum Gasteiger partial charge on any atom is 0.227 e. The number of anilines is 1. The molecule has 2 amide bonds. The molecule has 148 valence electrons. The Hall–Kier alpha value is -2.89. The van der Waals surface area contributed by atoms with Gasteiger partial charge in [-0.15, -0.1) is 0 Å². The van der Waals surface area contributed by atoms with Gasteiger partial charge in [0.1, 0.15) is 0 Å². The van der Waals surface area contributed by atoms with Crippen LogP contribution < -0.4 is 15.0 Å². The van der Waals surface area contributed by atoms with Crippen molar-refractivity contribution in [2.24, 2.45) is 5.92 Å². The first-order valence-electron chi connectivity index (χ1n) is 9.76. The van der Waals surface area contributed by atoms with E-state index in [2.05, 4.69) is 17.2 Å². The van der Waals surface area contributed by atoms with Crippen molar-refractivity contribution < 1.29 is 14.3 Å². The van der Waals surface area contributed by atoms with E-state index in [1.165, 1.54) is 0 Å². The largest absolute Gasteiger partial charge is 0.475 e. The second kappa shape index (κ2) is 8.87. The predicted octanol–water partition coefficient (Wildman–Crippen LogP) is 3.10. The van der Waals surface area contributed by atoms with Gasteiger partial charge in [0.15, 0.2) is 0 Å². The molecule has 0 spiro atoms. The van der Waals surface area contributed by atoms with Gasteiger partial charge in [0, 0.05) is 37.0 Å². The van der Waals surface area contributed by atoms with Crippen LogP contribution in [0.5, 0.6) is 5.88 Å². The molecule has 2 heterocycles. The highest BCUT2D eigenvalue weighted by atomic mass is 16.5. The molecule has 2 aromatic rings. The van der Waals surface area contributed by atoms with E-state index in [1.54, 1.807) is 11.1 Å². The maximum absolute atomic E-state index is 12.7. The van der Waals surface area contributed by atoms with Gasteiger partial charge in [-0.05, 0) is 38.0 Å². The van der Waals surface area contributed by atoms with Crippen molar-refractivity contribution in [2.75, 3.05) is 11.4 Å². The quantitative estimate of drug-likeness (QED) is 0.800. The number of amides is 2. The van der Waals surface area contributed by atoms with E-state index >= 15 is 0 Å². The number of pyridine rings is 1. The third-order valence-corrected chi connectivity index (χ3v) is 4.81. The van der Waals surface area contributed by atoms with E-state index in [-0.39, 0.29) is 30.3 Å². The molecule has 1 aliphatic rings. The van der Waals surface area contributed by atoms with Crippen LogP contribution in [0.25, 0.3) is 0 Å². The Kier molecular flexibility index (Phi) is 6.29. The number of para-hydroxylation sites is 1. The Morgan fingerprint density at radius 3 is 2.75 bits per heavy atom. The van der Waals surface area contributed by atoms with Crippen LogP contribution in [-0.2, 0) is 22.6 Å². The van der Waals surface area contributed by atoms with E-state index in [0.29, 0.717) is 19.0 Å². The van der Waals surface area contributed by atoms with Crippen molar-refractivity contribution in [3.05, 3.63) is 53.7 Å². The average molecular weight is 381 g/mol. The first-order chi connectivity index (χ1) is 13.5. The monoisotopic (exact) mass is 381 g/mol. The van der Waals surface area contributed by atoms with E-state index in [4.69, 9.17) is 4.74 Å². The number of benzene rings is 1. The summed E-state index contributed by atoms with van der Waals surface area (Å²) in [5.74, 6) is 0.0396. The van der Waals surface area contributed by atoms with Crippen LogP contribution in [-0.4, -0.2) is 29.4 Å². The van der Waals surface area contributed by atoms with Crippen LogP contribution in [0, 0.1) is 5.92 Å². The Morgan fingerprint density at radius 1 is 1.25 bits per heavy atom. The van der Waals surface area contributed by atoms with E-state index in [9.17, 15) is 9.59 Å². The standard InChI is InChI=1S/C22H27N3O3/c1-4-16-8-5-6-10-19(16)25-14-18(12-20(25)26)21(27)24-13-17-9-7-11-23-22(17)28-15(2)3/h5-11,15,18H,4,12-14H2,1-3H3,(H,24,27). The number of hydrogen-bond acceptors (Lipinski definition) is 4. The molecule has 0 radical (unpaired) electrons. The average Bonchev–Trinajstić information content (AvgIpc) is 3.08. The summed E-state index contributed by atoms with van der Waals surface area (Å²) in [5, 5.41) is 2.94. The van der Waals surface area contributed by atoms with Gasteiger partial charge >= 0.3 is 0 Å². The molecule has 1 unspecified atom stereocenters. The number of nitrogens with zero attached hydrogens (tertiary/aromatic N) is 2. The van der Waals surface area contributed by atoms with Crippen molar-refractivity contribution in [2.45, 2.75) is 46.3 Å². The molecule has 6 nitrogen and oxygen atoms in total. The van der Waals surface area contributed by atoms with Gasteiger partial charge in [-0.1, -0.05) is 31.2 Å². The minimum atomic E-state index is -0.358. The molecule has 28 heavy (non-hydrogen) atoms. The van der Waals surface area contributed by atoms with Crippen molar-refractivity contribution in [1.82, 2.24) is 10.3 Å². The van der Waals surface area contributed by atoms with Crippen molar-refractivity contribution in [3.8, 4) is 5.88 Å². The zero-order valence-corrected chi connectivity index (χ0v) is 16.6. The minimum absolute atomic E-state index is 0.00370. The smallest absolute Gasteiger partial charge is 0.227 e. The fraction of sp³-hybridized carbons (Fsp3) is 0.409. The van der Waals surface area contributed by atoms with E-state index in [0.717, 1.165) is 23.2 Å². The minimum Gasteiger partial charge on any atom is -0.475 e. The third-order valence-electron chi connectivity index (χ3n) is 4.81. The molecule has 1 aliphatic heterocycles. The molecule has 1 aromatic heterocycles. The molecule has 1 N–H and O–H groups in total. The summed E-state index contributed by atoms with van der Waals surface area (Å²) in [6.07, 6.45) is 2.74. The lowest BCUT2D eigenvalue weighted by atomic mass is 10.1. The van der Waals surface area contributed by atoms with Crippen LogP contribution >= 0.6 is 0 Å². The second-order valence-corrected chi connectivity index (χ2v) is 7.24. The Bertz CT molecular complexity index is 850. The summed E-state index contributed by atoms with van der Waals surface area (Å²) >= 11 is 0.